The van der Waals surface area contributed by atoms with Crippen molar-refractivity contribution in [2.75, 3.05) is 32.8 Å². The van der Waals surface area contributed by atoms with Gasteiger partial charge in [-0.25, -0.2) is 0 Å². The van der Waals surface area contributed by atoms with E-state index >= 15 is 0 Å². The molecule has 1 unspecified atom stereocenters. The third-order valence-corrected chi connectivity index (χ3v) is 4.22. The second-order valence-corrected chi connectivity index (χ2v) is 6.15. The Bertz CT molecular complexity index is 478. The summed E-state index contributed by atoms with van der Waals surface area (Å²) in [5, 5.41) is 3.40. The number of morpholine rings is 1. The maximum Gasteiger partial charge on any atom is 0.252 e. The molecule has 0 radical (unpaired) electrons. The van der Waals surface area contributed by atoms with Crippen LogP contribution in [0.2, 0.25) is 5.02 Å². The van der Waals surface area contributed by atoms with E-state index in [1.54, 1.807) is 12.1 Å². The van der Waals surface area contributed by atoms with Gasteiger partial charge in [0.15, 0.2) is 0 Å². The van der Waals surface area contributed by atoms with Gasteiger partial charge in [0, 0.05) is 30.1 Å². The summed E-state index contributed by atoms with van der Waals surface area (Å²) in [7, 11) is 0. The Balaban J connectivity index is 1.89. The number of benzene rings is 1. The van der Waals surface area contributed by atoms with Crippen molar-refractivity contribution >= 4 is 33.4 Å². The van der Waals surface area contributed by atoms with Crippen LogP contribution in [0.3, 0.4) is 0 Å². The van der Waals surface area contributed by atoms with Crippen LogP contribution in [0.5, 0.6) is 0 Å². The highest BCUT2D eigenvalue weighted by atomic mass is 79.9. The monoisotopic (exact) mass is 360 g/mol. The lowest BCUT2D eigenvalue weighted by Gasteiger charge is -2.32. The number of nitrogens with one attached hydrogen (secondary N) is 1. The lowest BCUT2D eigenvalue weighted by atomic mass is 10.2. The molecule has 1 saturated heterocycles. The molecule has 0 aliphatic carbocycles. The van der Waals surface area contributed by atoms with Gasteiger partial charge in [-0.05, 0) is 25.1 Å². The minimum atomic E-state index is -0.142. The van der Waals surface area contributed by atoms with Crippen LogP contribution in [0.1, 0.15) is 17.3 Å². The Kier molecular flexibility index (Phi) is 5.84. The number of carbonyl (C=O) groups excluding carboxylic acids is 1. The molecule has 0 aromatic heterocycles. The first-order valence-corrected chi connectivity index (χ1v) is 7.80. The summed E-state index contributed by atoms with van der Waals surface area (Å²) < 4.78 is 6.16. The van der Waals surface area contributed by atoms with Gasteiger partial charge in [0.1, 0.15) is 0 Å². The van der Waals surface area contributed by atoms with E-state index < -0.39 is 0 Å². The first-order valence-electron chi connectivity index (χ1n) is 6.63. The molecule has 0 saturated carbocycles. The van der Waals surface area contributed by atoms with Gasteiger partial charge in [0.2, 0.25) is 0 Å². The fourth-order valence-corrected chi connectivity index (χ4v) is 2.72. The zero-order valence-corrected chi connectivity index (χ0v) is 13.7. The summed E-state index contributed by atoms with van der Waals surface area (Å²) in [4.78, 5) is 14.5. The summed E-state index contributed by atoms with van der Waals surface area (Å²) in [5.74, 6) is -0.142. The molecule has 1 aliphatic rings. The molecule has 6 heteroatoms. The zero-order valence-electron chi connectivity index (χ0n) is 11.4. The molecule has 20 heavy (non-hydrogen) atoms. The minimum absolute atomic E-state index is 0.142. The predicted molar refractivity (Wildman–Crippen MR) is 83.3 cm³/mol. The van der Waals surface area contributed by atoms with Crippen molar-refractivity contribution in [2.45, 2.75) is 13.0 Å². The highest BCUT2D eigenvalue weighted by Gasteiger charge is 2.18. The van der Waals surface area contributed by atoms with Crippen molar-refractivity contribution in [3.8, 4) is 0 Å². The Morgan fingerprint density at radius 3 is 2.90 bits per heavy atom. The van der Waals surface area contributed by atoms with Gasteiger partial charge in [-0.15, -0.1) is 0 Å². The van der Waals surface area contributed by atoms with E-state index in [0.29, 0.717) is 17.1 Å². The smallest absolute Gasteiger partial charge is 0.252 e. The van der Waals surface area contributed by atoms with Crippen molar-refractivity contribution in [3.63, 3.8) is 0 Å². The number of nitrogens with zero attached hydrogens (tertiary/aromatic N) is 1. The molecule has 110 valence electrons. The molecule has 1 N–H and O–H groups in total. The second kappa shape index (κ2) is 7.41. The SMILES string of the molecule is CC(CNC(=O)c1cc(Br)ccc1Cl)N1CCOCC1. The summed E-state index contributed by atoms with van der Waals surface area (Å²) in [6, 6.07) is 5.55. The van der Waals surface area contributed by atoms with Crippen LogP contribution in [0.4, 0.5) is 0 Å². The molecule has 1 amide bonds. The van der Waals surface area contributed by atoms with Gasteiger partial charge in [-0.2, -0.15) is 0 Å². The van der Waals surface area contributed by atoms with E-state index in [4.69, 9.17) is 16.3 Å². The number of halogens is 2. The fraction of sp³-hybridized carbons (Fsp3) is 0.500. The van der Waals surface area contributed by atoms with E-state index in [0.717, 1.165) is 30.8 Å². The van der Waals surface area contributed by atoms with Crippen molar-refractivity contribution in [3.05, 3.63) is 33.3 Å². The van der Waals surface area contributed by atoms with Crippen molar-refractivity contribution < 1.29 is 9.53 Å². The van der Waals surface area contributed by atoms with Crippen LogP contribution in [-0.4, -0.2) is 49.7 Å². The number of hydrogen-bond donors (Lipinski definition) is 1. The Labute approximate surface area is 132 Å². The van der Waals surface area contributed by atoms with Gasteiger partial charge < -0.3 is 10.1 Å². The summed E-state index contributed by atoms with van der Waals surface area (Å²) >= 11 is 9.39. The first-order chi connectivity index (χ1) is 9.58. The second-order valence-electron chi connectivity index (χ2n) is 4.83. The lowest BCUT2D eigenvalue weighted by molar-refractivity contribution is 0.0204. The van der Waals surface area contributed by atoms with Crippen molar-refractivity contribution in [2.24, 2.45) is 0 Å². The fourth-order valence-electron chi connectivity index (χ4n) is 2.15. The number of amides is 1. The topological polar surface area (TPSA) is 41.6 Å². The molecule has 1 aliphatic heterocycles. The van der Waals surface area contributed by atoms with Gasteiger partial charge in [0.25, 0.3) is 5.91 Å². The van der Waals surface area contributed by atoms with Gasteiger partial charge in [-0.3, -0.25) is 9.69 Å². The molecule has 1 heterocycles. The molecular weight excluding hydrogens is 344 g/mol. The molecular formula is C14H18BrClN2O2. The third kappa shape index (κ3) is 4.19. The average Bonchev–Trinajstić information content (AvgIpc) is 2.47. The largest absolute Gasteiger partial charge is 0.379 e. The molecule has 1 aromatic rings. The van der Waals surface area contributed by atoms with Crippen molar-refractivity contribution in [1.29, 1.82) is 0 Å². The van der Waals surface area contributed by atoms with Crippen LogP contribution in [-0.2, 0) is 4.74 Å². The standard InChI is InChI=1S/C14H18BrClN2O2/c1-10(18-4-6-20-7-5-18)9-17-14(19)12-8-11(15)2-3-13(12)16/h2-3,8,10H,4-7,9H2,1H3,(H,17,19). The van der Waals surface area contributed by atoms with Gasteiger partial charge >= 0.3 is 0 Å². The van der Waals surface area contributed by atoms with Crippen LogP contribution < -0.4 is 5.32 Å². The van der Waals surface area contributed by atoms with Crippen LogP contribution in [0.15, 0.2) is 22.7 Å². The predicted octanol–water partition coefficient (Wildman–Crippen LogP) is 2.55. The van der Waals surface area contributed by atoms with E-state index in [9.17, 15) is 4.79 Å². The molecule has 1 aromatic carbocycles. The molecule has 0 bridgehead atoms. The average molecular weight is 362 g/mol. The van der Waals surface area contributed by atoms with Crippen LogP contribution >= 0.6 is 27.5 Å². The first kappa shape index (κ1) is 15.8. The van der Waals surface area contributed by atoms with Gasteiger partial charge in [0.05, 0.1) is 23.8 Å². The summed E-state index contributed by atoms with van der Waals surface area (Å²) in [6.45, 7) is 6.05. The highest BCUT2D eigenvalue weighted by Crippen LogP contribution is 2.20. The zero-order chi connectivity index (χ0) is 14.5. The lowest BCUT2D eigenvalue weighted by Crippen LogP contribution is -2.47. The molecule has 0 spiro atoms. The third-order valence-electron chi connectivity index (χ3n) is 3.40. The molecule has 1 atom stereocenters. The minimum Gasteiger partial charge on any atom is -0.379 e. The van der Waals surface area contributed by atoms with E-state index in [2.05, 4.69) is 33.1 Å². The Morgan fingerprint density at radius 1 is 1.50 bits per heavy atom. The van der Waals surface area contributed by atoms with E-state index in [1.165, 1.54) is 0 Å². The number of ether oxygens (including phenoxy) is 1. The van der Waals surface area contributed by atoms with Gasteiger partial charge in [-0.1, -0.05) is 27.5 Å². The van der Waals surface area contributed by atoms with Crippen LogP contribution in [0.25, 0.3) is 0 Å². The number of rotatable bonds is 4. The highest BCUT2D eigenvalue weighted by molar-refractivity contribution is 9.10. The molecule has 1 fully saturated rings. The Hall–Kier alpha value is -0.620. The number of carbonyl (C=O) groups is 1. The van der Waals surface area contributed by atoms with E-state index in [-0.39, 0.29) is 11.9 Å². The number of hydrogen-bond acceptors (Lipinski definition) is 3. The van der Waals surface area contributed by atoms with Crippen molar-refractivity contribution in [1.82, 2.24) is 10.2 Å². The normalized spacial score (nSPS) is 17.8. The van der Waals surface area contributed by atoms with E-state index in [1.807, 2.05) is 6.07 Å². The summed E-state index contributed by atoms with van der Waals surface area (Å²) in [5.41, 5.74) is 0.496. The van der Waals surface area contributed by atoms with Crippen LogP contribution in [0, 0.1) is 0 Å². The maximum absolute atomic E-state index is 12.1. The molecule has 4 nitrogen and oxygen atoms in total. The quantitative estimate of drug-likeness (QED) is 0.896. The maximum atomic E-state index is 12.1. The molecule has 2 rings (SSSR count). The Morgan fingerprint density at radius 2 is 2.20 bits per heavy atom. The summed E-state index contributed by atoms with van der Waals surface area (Å²) in [6.07, 6.45) is 0.